The molecule has 12 nitrogen and oxygen atoms in total. The van der Waals surface area contributed by atoms with Gasteiger partial charge in [0.1, 0.15) is 35.4 Å². The first-order chi connectivity index (χ1) is 24.4. The van der Waals surface area contributed by atoms with Crippen LogP contribution in [-0.4, -0.2) is 77.2 Å². The number of hydrogen-bond donors (Lipinski definition) is 4. The smallest absolute Gasteiger partial charge is 0.330 e. The second kappa shape index (κ2) is 13.9. The average Bonchev–Trinajstić information content (AvgIpc) is 3.38. The van der Waals surface area contributed by atoms with Crippen LogP contribution in [0.4, 0.5) is 0 Å². The number of aromatic amines is 1. The van der Waals surface area contributed by atoms with Crippen LogP contribution >= 0.6 is 0 Å². The van der Waals surface area contributed by atoms with Crippen molar-refractivity contribution in [2.45, 2.75) is 47.4 Å². The summed E-state index contributed by atoms with van der Waals surface area (Å²) in [6, 6.07) is 29.4. The maximum atomic E-state index is 14.4. The molecule has 1 aliphatic rings. The Morgan fingerprint density at radius 2 is 1.39 bits per heavy atom. The van der Waals surface area contributed by atoms with E-state index in [2.05, 4.69) is 4.98 Å². The first-order valence-corrected chi connectivity index (χ1v) is 17.7. The van der Waals surface area contributed by atoms with Crippen molar-refractivity contribution in [3.8, 4) is 11.5 Å². The van der Waals surface area contributed by atoms with E-state index in [0.717, 1.165) is 22.4 Å². The van der Waals surface area contributed by atoms with Gasteiger partial charge in [-0.15, -0.1) is 0 Å². The molecule has 51 heavy (non-hydrogen) atoms. The zero-order chi connectivity index (χ0) is 36.6. The largest absolute Gasteiger partial charge is 0.496 e. The predicted octanol–water partition coefficient (Wildman–Crippen LogP) is 2.72. The summed E-state index contributed by atoms with van der Waals surface area (Å²) in [5.74, 6) is -0.468. The molecule has 4 aromatic carbocycles. The van der Waals surface area contributed by atoms with E-state index in [9.17, 15) is 33.3 Å². The zero-order valence-electron chi connectivity index (χ0n) is 28.0. The minimum atomic E-state index is -4.44. The zero-order valence-corrected chi connectivity index (χ0v) is 28.9. The number of para-hydroxylation sites is 2. The number of rotatable bonds is 11. The van der Waals surface area contributed by atoms with Gasteiger partial charge in [0.15, 0.2) is 16.1 Å². The first kappa shape index (κ1) is 35.8. The van der Waals surface area contributed by atoms with Crippen LogP contribution in [0.3, 0.4) is 0 Å². The van der Waals surface area contributed by atoms with Gasteiger partial charge in [-0.2, -0.15) is 0 Å². The van der Waals surface area contributed by atoms with E-state index in [0.29, 0.717) is 28.2 Å². The van der Waals surface area contributed by atoms with Crippen LogP contribution in [0, 0.1) is 6.92 Å². The standard InChI is InChI=1S/C38H38N2O10S/c1-24-17-19-26(20-18-24)51(46,47)23-37(33(43)32(42)34(50-37)40-22-21-31(41)39-36(40)45)35(44)38(25-11-5-4-6-12-25,27-13-7-9-15-29(27)48-2)28-14-8-10-16-30(28)49-3/h4-22,32-35,42-44H,23H2,1-3H3,(H,39,41,45)/t32-,33+,34-,35?,37+/m1/s1. The third kappa shape index (κ3) is 6.06. The highest BCUT2D eigenvalue weighted by atomic mass is 32.2. The van der Waals surface area contributed by atoms with Crippen molar-refractivity contribution in [1.82, 2.24) is 9.55 Å². The highest BCUT2D eigenvalue weighted by Gasteiger charge is 2.67. The molecule has 1 unspecified atom stereocenters. The molecular formula is C38H38N2O10S. The summed E-state index contributed by atoms with van der Waals surface area (Å²) in [5, 5.41) is 37.3. The Hall–Kier alpha value is -5.05. The van der Waals surface area contributed by atoms with Gasteiger partial charge in [0.2, 0.25) is 0 Å². The molecule has 266 valence electrons. The maximum absolute atomic E-state index is 14.4. The molecular weight excluding hydrogens is 676 g/mol. The Labute approximate surface area is 294 Å². The molecule has 2 heterocycles. The van der Waals surface area contributed by atoms with Gasteiger partial charge in [-0.1, -0.05) is 84.4 Å². The van der Waals surface area contributed by atoms with E-state index >= 15 is 0 Å². The topological polar surface area (TPSA) is 177 Å². The second-order valence-corrected chi connectivity index (χ2v) is 14.5. The number of aromatic nitrogens is 2. The van der Waals surface area contributed by atoms with Gasteiger partial charge in [-0.3, -0.25) is 14.3 Å². The molecule has 1 aromatic heterocycles. The fourth-order valence-corrected chi connectivity index (χ4v) is 8.83. The number of H-pyrrole nitrogens is 1. The summed E-state index contributed by atoms with van der Waals surface area (Å²) in [5.41, 5.74) is -4.24. The van der Waals surface area contributed by atoms with E-state index in [4.69, 9.17) is 14.2 Å². The monoisotopic (exact) mass is 714 g/mol. The summed E-state index contributed by atoms with van der Waals surface area (Å²) in [4.78, 5) is 27.0. The Kier molecular flexibility index (Phi) is 9.77. The van der Waals surface area contributed by atoms with Gasteiger partial charge in [0, 0.05) is 23.4 Å². The van der Waals surface area contributed by atoms with Crippen LogP contribution in [0.15, 0.2) is 130 Å². The van der Waals surface area contributed by atoms with Crippen LogP contribution in [0.5, 0.6) is 11.5 Å². The van der Waals surface area contributed by atoms with Gasteiger partial charge in [-0.25, -0.2) is 13.2 Å². The van der Waals surface area contributed by atoms with Gasteiger partial charge in [0.05, 0.1) is 30.3 Å². The van der Waals surface area contributed by atoms with Gasteiger partial charge < -0.3 is 29.5 Å². The molecule has 0 amide bonds. The Balaban J connectivity index is 1.73. The molecule has 1 fully saturated rings. The van der Waals surface area contributed by atoms with Crippen molar-refractivity contribution in [1.29, 1.82) is 0 Å². The number of ether oxygens (including phenoxy) is 3. The minimum absolute atomic E-state index is 0.130. The highest BCUT2D eigenvalue weighted by Crippen LogP contribution is 2.55. The Bertz CT molecular complexity index is 2190. The number of hydrogen-bond acceptors (Lipinski definition) is 10. The quantitative estimate of drug-likeness (QED) is 0.149. The lowest BCUT2D eigenvalue weighted by atomic mass is 9.60. The van der Waals surface area contributed by atoms with E-state index in [1.807, 2.05) is 0 Å². The minimum Gasteiger partial charge on any atom is -0.496 e. The van der Waals surface area contributed by atoms with E-state index in [1.165, 1.54) is 26.4 Å². The number of aliphatic hydroxyl groups excluding tert-OH is 3. The van der Waals surface area contributed by atoms with Crippen molar-refractivity contribution in [3.05, 3.63) is 158 Å². The third-order valence-electron chi connectivity index (χ3n) is 9.54. The van der Waals surface area contributed by atoms with E-state index in [-0.39, 0.29) is 4.90 Å². The first-order valence-electron chi connectivity index (χ1n) is 16.1. The van der Waals surface area contributed by atoms with E-state index in [1.54, 1.807) is 97.9 Å². The second-order valence-electron chi connectivity index (χ2n) is 12.5. The number of benzene rings is 4. The molecule has 1 saturated heterocycles. The Morgan fingerprint density at radius 1 is 0.843 bits per heavy atom. The summed E-state index contributed by atoms with van der Waals surface area (Å²) >= 11 is 0. The summed E-state index contributed by atoms with van der Waals surface area (Å²) in [6.45, 7) is 1.79. The normalized spacial score (nSPS) is 21.3. The predicted molar refractivity (Wildman–Crippen MR) is 188 cm³/mol. The molecule has 5 atom stereocenters. The van der Waals surface area contributed by atoms with Crippen molar-refractivity contribution in [3.63, 3.8) is 0 Å². The number of sulfone groups is 1. The van der Waals surface area contributed by atoms with Crippen molar-refractivity contribution in [2.24, 2.45) is 0 Å². The molecule has 0 saturated carbocycles. The lowest BCUT2D eigenvalue weighted by Crippen LogP contribution is -2.64. The average molecular weight is 715 g/mol. The number of aliphatic hydroxyl groups is 3. The molecule has 13 heteroatoms. The molecule has 5 aromatic rings. The van der Waals surface area contributed by atoms with Crippen LogP contribution < -0.4 is 20.7 Å². The highest BCUT2D eigenvalue weighted by molar-refractivity contribution is 7.91. The summed E-state index contributed by atoms with van der Waals surface area (Å²) in [7, 11) is -1.55. The molecule has 0 spiro atoms. The molecule has 1 aliphatic heterocycles. The maximum Gasteiger partial charge on any atom is 0.330 e. The van der Waals surface area contributed by atoms with Crippen molar-refractivity contribution < 1.29 is 37.9 Å². The van der Waals surface area contributed by atoms with Crippen LogP contribution in [-0.2, 0) is 20.0 Å². The van der Waals surface area contributed by atoms with Crippen LogP contribution in [0.25, 0.3) is 0 Å². The van der Waals surface area contributed by atoms with Gasteiger partial charge in [-0.05, 0) is 36.8 Å². The molecule has 0 radical (unpaired) electrons. The molecule has 6 rings (SSSR count). The Morgan fingerprint density at radius 3 is 1.94 bits per heavy atom. The molecule has 0 bridgehead atoms. The lowest BCUT2D eigenvalue weighted by molar-refractivity contribution is -0.163. The van der Waals surface area contributed by atoms with Crippen LogP contribution in [0.1, 0.15) is 28.5 Å². The van der Waals surface area contributed by atoms with Gasteiger partial charge in [0.25, 0.3) is 5.56 Å². The number of aryl methyl sites for hydroxylation is 1. The lowest BCUT2D eigenvalue weighted by Gasteiger charge is -2.48. The SMILES string of the molecule is COc1ccccc1C(c1ccccc1)(c1ccccc1OC)C(O)[C@@]1(CS(=O)(=O)c2ccc(C)cc2)O[C@@H](n2ccc(=O)[nH]c2=O)[C@H](O)[C@@H]1O. The fraction of sp³-hybridized carbons (Fsp3) is 0.263. The summed E-state index contributed by atoms with van der Waals surface area (Å²) in [6.07, 6.45) is -6.88. The fourth-order valence-electron chi connectivity index (χ4n) is 7.13. The number of nitrogens with zero attached hydrogens (tertiary/aromatic N) is 1. The number of methoxy groups -OCH3 is 2. The van der Waals surface area contributed by atoms with Crippen LogP contribution in [0.2, 0.25) is 0 Å². The third-order valence-corrected chi connectivity index (χ3v) is 11.4. The molecule has 4 N–H and O–H groups in total. The number of nitrogens with one attached hydrogen (secondary N) is 1. The van der Waals surface area contributed by atoms with E-state index < -0.39 is 62.4 Å². The summed E-state index contributed by atoms with van der Waals surface area (Å²) < 4.78 is 47.9. The molecule has 0 aliphatic carbocycles. The van der Waals surface area contributed by atoms with Crippen molar-refractivity contribution >= 4 is 9.84 Å². The van der Waals surface area contributed by atoms with Crippen molar-refractivity contribution in [2.75, 3.05) is 20.0 Å². The van der Waals surface area contributed by atoms with Gasteiger partial charge >= 0.3 is 5.69 Å².